The Morgan fingerprint density at radius 3 is 0.768 bits per heavy atom. The molecule has 0 heteroatoms. The van der Waals surface area contributed by atoms with E-state index in [-0.39, 0.29) is 0 Å². The van der Waals surface area contributed by atoms with Crippen LogP contribution < -0.4 is 0 Å². The lowest BCUT2D eigenvalue weighted by molar-refractivity contribution is 0.257. The first-order valence-corrected chi connectivity index (χ1v) is 27.0. The Kier molecular flexibility index (Phi) is 40.4. The van der Waals surface area contributed by atoms with Crippen molar-refractivity contribution < 1.29 is 0 Å². The fourth-order valence-electron chi connectivity index (χ4n) is 10.1. The first kappa shape index (κ1) is 56.0. The van der Waals surface area contributed by atoms with E-state index in [0.29, 0.717) is 0 Å². The minimum atomic E-state index is 0.847. The second-order valence-corrected chi connectivity index (χ2v) is 21.9. The number of hydrogen-bond donors (Lipinski definition) is 0. The van der Waals surface area contributed by atoms with Crippen LogP contribution in [-0.4, -0.2) is 0 Å². The van der Waals surface area contributed by atoms with Gasteiger partial charge in [-0.3, -0.25) is 0 Å². The van der Waals surface area contributed by atoms with E-state index in [0.717, 1.165) is 53.3 Å². The summed E-state index contributed by atoms with van der Waals surface area (Å²) < 4.78 is 0. The van der Waals surface area contributed by atoms with Crippen LogP contribution in [0.3, 0.4) is 0 Å². The first-order chi connectivity index (χ1) is 27.0. The fraction of sp³-hybridized carbons (Fsp3) is 1.00. The summed E-state index contributed by atoms with van der Waals surface area (Å²) >= 11 is 0. The molecule has 0 aliphatic rings. The SMILES string of the molecule is CCCC(CC(C)CCCCCCCCC(C)CCCCCCCCC(C)CCC(CC(C)CCCCCCCCCCCCCCC(C)C)C(C)C)C(C)C. The molecule has 0 fully saturated rings. The molecule has 0 amide bonds. The molecule has 0 saturated carbocycles. The third kappa shape index (κ3) is 38.2. The van der Waals surface area contributed by atoms with E-state index in [1.807, 2.05) is 0 Å². The van der Waals surface area contributed by atoms with Gasteiger partial charge in [-0.25, -0.2) is 0 Å². The number of rotatable bonds is 44. The van der Waals surface area contributed by atoms with Crippen LogP contribution in [0.5, 0.6) is 0 Å². The van der Waals surface area contributed by atoms with Crippen LogP contribution in [0.4, 0.5) is 0 Å². The van der Waals surface area contributed by atoms with Gasteiger partial charge in [0, 0.05) is 0 Å². The Bertz CT molecular complexity index is 747. The van der Waals surface area contributed by atoms with E-state index >= 15 is 0 Å². The van der Waals surface area contributed by atoms with Crippen LogP contribution in [0.2, 0.25) is 0 Å². The molecule has 0 saturated heterocycles. The smallest absolute Gasteiger partial charge is 0.0388 e. The van der Waals surface area contributed by atoms with Crippen molar-refractivity contribution in [3.8, 4) is 0 Å². The first-order valence-electron chi connectivity index (χ1n) is 27.0. The highest BCUT2D eigenvalue weighted by Gasteiger charge is 2.18. The molecule has 0 N–H and O–H groups in total. The van der Waals surface area contributed by atoms with Crippen molar-refractivity contribution in [2.75, 3.05) is 0 Å². The lowest BCUT2D eigenvalue weighted by Crippen LogP contribution is -2.14. The van der Waals surface area contributed by atoms with Crippen LogP contribution in [-0.2, 0) is 0 Å². The summed E-state index contributed by atoms with van der Waals surface area (Å²) in [5, 5.41) is 0. The average Bonchev–Trinajstić information content (AvgIpc) is 3.15. The molecular formula is C56H114. The van der Waals surface area contributed by atoms with E-state index in [1.165, 1.54) is 231 Å². The molecule has 6 atom stereocenters. The summed E-state index contributed by atoms with van der Waals surface area (Å²) in [6, 6.07) is 0. The van der Waals surface area contributed by atoms with Crippen molar-refractivity contribution in [2.45, 2.75) is 307 Å². The summed E-state index contributed by atoms with van der Waals surface area (Å²) in [7, 11) is 0. The van der Waals surface area contributed by atoms with Crippen LogP contribution in [0.25, 0.3) is 0 Å². The molecule has 0 heterocycles. The highest BCUT2D eigenvalue weighted by molar-refractivity contribution is 4.70. The molecule has 0 bridgehead atoms. The summed E-state index contributed by atoms with van der Waals surface area (Å²) in [5.74, 6) is 8.19. The Morgan fingerprint density at radius 1 is 0.232 bits per heavy atom. The normalized spacial score (nSPS) is 15.5. The van der Waals surface area contributed by atoms with Gasteiger partial charge in [0.1, 0.15) is 0 Å². The number of unbranched alkanes of at least 4 members (excludes halogenated alkanes) is 21. The minimum absolute atomic E-state index is 0.847. The fourth-order valence-corrected chi connectivity index (χ4v) is 10.1. The molecular weight excluding hydrogens is 673 g/mol. The van der Waals surface area contributed by atoms with Gasteiger partial charge in [-0.05, 0) is 72.5 Å². The molecule has 0 aromatic heterocycles. The Morgan fingerprint density at radius 2 is 0.482 bits per heavy atom. The van der Waals surface area contributed by atoms with Gasteiger partial charge in [-0.15, -0.1) is 0 Å². The zero-order valence-corrected chi connectivity index (χ0v) is 41.7. The lowest BCUT2D eigenvalue weighted by atomic mass is 9.80. The largest absolute Gasteiger partial charge is 0.0654 e. The van der Waals surface area contributed by atoms with E-state index in [1.54, 1.807) is 0 Å². The highest BCUT2D eigenvalue weighted by atomic mass is 14.2. The number of hydrogen-bond acceptors (Lipinski definition) is 0. The summed E-state index contributed by atoms with van der Waals surface area (Å²) in [5.41, 5.74) is 0. The molecule has 6 unspecified atom stereocenters. The molecule has 0 aliphatic carbocycles. The third-order valence-electron chi connectivity index (χ3n) is 14.5. The maximum atomic E-state index is 2.56. The second kappa shape index (κ2) is 40.4. The molecule has 338 valence electrons. The second-order valence-electron chi connectivity index (χ2n) is 21.9. The van der Waals surface area contributed by atoms with E-state index in [4.69, 9.17) is 0 Å². The van der Waals surface area contributed by atoms with E-state index < -0.39 is 0 Å². The molecule has 0 aromatic rings. The molecule has 0 aromatic carbocycles. The quantitative estimate of drug-likeness (QED) is 0.0540. The monoisotopic (exact) mass is 787 g/mol. The Labute approximate surface area is 359 Å². The van der Waals surface area contributed by atoms with Crippen molar-refractivity contribution in [1.29, 1.82) is 0 Å². The van der Waals surface area contributed by atoms with Gasteiger partial charge in [0.2, 0.25) is 0 Å². The molecule has 0 aliphatic heterocycles. The van der Waals surface area contributed by atoms with Gasteiger partial charge >= 0.3 is 0 Å². The van der Waals surface area contributed by atoms with Gasteiger partial charge < -0.3 is 0 Å². The zero-order valence-electron chi connectivity index (χ0n) is 41.7. The van der Waals surface area contributed by atoms with E-state index in [9.17, 15) is 0 Å². The van der Waals surface area contributed by atoms with Crippen LogP contribution in [0, 0.1) is 53.3 Å². The zero-order chi connectivity index (χ0) is 41.7. The summed E-state index contributed by atoms with van der Waals surface area (Å²) in [6.07, 6.45) is 52.7. The van der Waals surface area contributed by atoms with E-state index in [2.05, 4.69) is 76.2 Å². The van der Waals surface area contributed by atoms with Gasteiger partial charge in [0.15, 0.2) is 0 Å². The molecule has 0 radical (unpaired) electrons. The predicted octanol–water partition coefficient (Wildman–Crippen LogP) is 20.8. The van der Waals surface area contributed by atoms with Crippen molar-refractivity contribution in [1.82, 2.24) is 0 Å². The van der Waals surface area contributed by atoms with Crippen molar-refractivity contribution in [3.63, 3.8) is 0 Å². The molecule has 0 rings (SSSR count). The maximum absolute atomic E-state index is 2.56. The topological polar surface area (TPSA) is 0 Å². The van der Waals surface area contributed by atoms with Crippen molar-refractivity contribution in [2.24, 2.45) is 53.3 Å². The van der Waals surface area contributed by atoms with Crippen LogP contribution >= 0.6 is 0 Å². The third-order valence-corrected chi connectivity index (χ3v) is 14.5. The predicted molar refractivity (Wildman–Crippen MR) is 260 cm³/mol. The molecule has 0 nitrogen and oxygen atoms in total. The Balaban J connectivity index is 3.69. The van der Waals surface area contributed by atoms with Gasteiger partial charge in [0.05, 0.1) is 0 Å². The van der Waals surface area contributed by atoms with Gasteiger partial charge in [0.25, 0.3) is 0 Å². The lowest BCUT2D eigenvalue weighted by Gasteiger charge is -2.26. The summed E-state index contributed by atoms with van der Waals surface area (Å²) in [6.45, 7) is 27.1. The molecule has 56 heavy (non-hydrogen) atoms. The highest BCUT2D eigenvalue weighted by Crippen LogP contribution is 2.31. The average molecular weight is 788 g/mol. The van der Waals surface area contributed by atoms with Gasteiger partial charge in [-0.1, -0.05) is 288 Å². The van der Waals surface area contributed by atoms with Crippen molar-refractivity contribution in [3.05, 3.63) is 0 Å². The maximum Gasteiger partial charge on any atom is -0.0388 e. The standard InChI is InChI=1S/C56H114/c1-12-37-55(49(4)5)46-53(10)42-36-30-24-23-27-33-40-51(8)39-32-26-21-22-28-34-41-52(9)44-45-56(50(6)7)47-54(11)43-35-29-20-18-16-14-13-15-17-19-25-31-38-48(2)3/h48-56H,12-47H2,1-11H3. The van der Waals surface area contributed by atoms with Crippen LogP contribution in [0.1, 0.15) is 307 Å². The van der Waals surface area contributed by atoms with Crippen molar-refractivity contribution >= 4 is 0 Å². The minimum Gasteiger partial charge on any atom is -0.0654 e. The Hall–Kier alpha value is 0. The van der Waals surface area contributed by atoms with Gasteiger partial charge in [-0.2, -0.15) is 0 Å². The summed E-state index contributed by atoms with van der Waals surface area (Å²) in [4.78, 5) is 0. The van der Waals surface area contributed by atoms with Crippen LogP contribution in [0.15, 0.2) is 0 Å². The molecule has 0 spiro atoms.